The van der Waals surface area contributed by atoms with Crippen LogP contribution < -0.4 is 0 Å². The van der Waals surface area contributed by atoms with Crippen molar-refractivity contribution in [1.82, 2.24) is 0 Å². The maximum atomic E-state index is 12.5. The van der Waals surface area contributed by atoms with Gasteiger partial charge in [-0.2, -0.15) is 5.26 Å². The van der Waals surface area contributed by atoms with Crippen molar-refractivity contribution in [3.63, 3.8) is 0 Å². The van der Waals surface area contributed by atoms with Gasteiger partial charge >= 0.3 is 7.60 Å². The van der Waals surface area contributed by atoms with E-state index in [1.165, 1.54) is 0 Å². The van der Waals surface area contributed by atoms with Gasteiger partial charge in [-0.15, -0.1) is 0 Å². The molecule has 0 saturated carbocycles. The van der Waals surface area contributed by atoms with E-state index in [1.54, 1.807) is 24.3 Å². The van der Waals surface area contributed by atoms with Crippen molar-refractivity contribution in [2.45, 2.75) is 20.0 Å². The summed E-state index contributed by atoms with van der Waals surface area (Å²) in [6, 6.07) is 10.9. The SMILES string of the molecule is CC1(C)COP(=O)(CC(C#N)C(O)c2ccccc2)OC1. The van der Waals surface area contributed by atoms with Crippen LogP contribution in [0.5, 0.6) is 0 Å². The van der Waals surface area contributed by atoms with Gasteiger partial charge in [-0.1, -0.05) is 44.2 Å². The zero-order valence-corrected chi connectivity index (χ0v) is 13.1. The Morgan fingerprint density at radius 2 is 1.90 bits per heavy atom. The smallest absolute Gasteiger partial charge is 0.332 e. The van der Waals surface area contributed by atoms with Crippen molar-refractivity contribution in [2.75, 3.05) is 19.4 Å². The normalized spacial score (nSPS) is 23.0. The minimum atomic E-state index is -3.32. The lowest BCUT2D eigenvalue weighted by Gasteiger charge is -2.35. The number of rotatable bonds is 4. The summed E-state index contributed by atoms with van der Waals surface area (Å²) in [6.45, 7) is 4.56. The second kappa shape index (κ2) is 6.29. The van der Waals surface area contributed by atoms with E-state index in [2.05, 4.69) is 0 Å². The van der Waals surface area contributed by atoms with Gasteiger partial charge < -0.3 is 14.2 Å². The lowest BCUT2D eigenvalue weighted by molar-refractivity contribution is 0.0380. The summed E-state index contributed by atoms with van der Waals surface area (Å²) in [4.78, 5) is 0. The number of benzene rings is 1. The lowest BCUT2D eigenvalue weighted by Crippen LogP contribution is -2.31. The van der Waals surface area contributed by atoms with Gasteiger partial charge in [-0.25, -0.2) is 0 Å². The Balaban J connectivity index is 2.06. The van der Waals surface area contributed by atoms with Gasteiger partial charge in [0.25, 0.3) is 0 Å². The van der Waals surface area contributed by atoms with Gasteiger partial charge in [0.05, 0.1) is 37.5 Å². The molecule has 1 aliphatic heterocycles. The van der Waals surface area contributed by atoms with Crippen LogP contribution in [0.3, 0.4) is 0 Å². The van der Waals surface area contributed by atoms with Crippen LogP contribution in [-0.2, 0) is 13.6 Å². The van der Waals surface area contributed by atoms with E-state index in [9.17, 15) is 14.9 Å². The van der Waals surface area contributed by atoms with Crippen LogP contribution in [0.1, 0.15) is 25.5 Å². The third-order valence-corrected chi connectivity index (χ3v) is 5.30. The summed E-state index contributed by atoms with van der Waals surface area (Å²) in [5.41, 5.74) is 0.432. The largest absolute Gasteiger partial charge is 0.387 e. The molecule has 1 fully saturated rings. The van der Waals surface area contributed by atoms with Gasteiger partial charge in [0.1, 0.15) is 0 Å². The third-order valence-electron chi connectivity index (χ3n) is 3.41. The summed E-state index contributed by atoms with van der Waals surface area (Å²) in [7, 11) is -3.32. The van der Waals surface area contributed by atoms with Crippen LogP contribution in [0.15, 0.2) is 30.3 Å². The highest BCUT2D eigenvalue weighted by Crippen LogP contribution is 2.55. The number of aliphatic hydroxyl groups is 1. The number of nitriles is 1. The molecular weight excluding hydrogens is 289 g/mol. The molecule has 2 rings (SSSR count). The van der Waals surface area contributed by atoms with E-state index < -0.39 is 19.6 Å². The quantitative estimate of drug-likeness (QED) is 0.864. The molecule has 1 heterocycles. The first-order chi connectivity index (χ1) is 9.85. The Morgan fingerprint density at radius 3 is 2.43 bits per heavy atom. The van der Waals surface area contributed by atoms with Crippen LogP contribution in [-0.4, -0.2) is 24.5 Å². The molecule has 0 amide bonds. The number of hydrogen-bond donors (Lipinski definition) is 1. The summed E-state index contributed by atoms with van der Waals surface area (Å²) in [5, 5.41) is 19.5. The fraction of sp³-hybridized carbons (Fsp3) is 0.533. The number of aliphatic hydroxyl groups excluding tert-OH is 1. The van der Waals surface area contributed by atoms with Gasteiger partial charge in [-0.05, 0) is 5.56 Å². The Bertz CT molecular complexity index is 553. The monoisotopic (exact) mass is 309 g/mol. The molecule has 1 N–H and O–H groups in total. The van der Waals surface area contributed by atoms with Crippen molar-refractivity contribution in [1.29, 1.82) is 5.26 Å². The average molecular weight is 309 g/mol. The molecule has 5 nitrogen and oxygen atoms in total. The van der Waals surface area contributed by atoms with Gasteiger partial charge in [0.2, 0.25) is 0 Å². The molecule has 0 aliphatic carbocycles. The average Bonchev–Trinajstić information content (AvgIpc) is 2.49. The zero-order chi connectivity index (χ0) is 15.5. The standard InChI is InChI=1S/C15H20NO4P/c1-15(2)10-19-21(18,20-11-15)9-13(8-16)14(17)12-6-4-3-5-7-12/h3-7,13-14,17H,9-11H2,1-2H3. The minimum absolute atomic E-state index is 0.102. The maximum absolute atomic E-state index is 12.5. The fourth-order valence-corrected chi connectivity index (χ4v) is 4.21. The molecule has 0 radical (unpaired) electrons. The van der Waals surface area contributed by atoms with Crippen molar-refractivity contribution in [3.05, 3.63) is 35.9 Å². The van der Waals surface area contributed by atoms with Gasteiger partial charge in [0, 0.05) is 5.41 Å². The molecular formula is C15H20NO4P. The molecule has 0 bridgehead atoms. The van der Waals surface area contributed by atoms with Crippen molar-refractivity contribution < 1.29 is 18.7 Å². The molecule has 2 atom stereocenters. The summed E-state index contributed by atoms with van der Waals surface area (Å²) in [5.74, 6) is -0.834. The highest BCUT2D eigenvalue weighted by atomic mass is 31.2. The van der Waals surface area contributed by atoms with Crippen LogP contribution in [0.4, 0.5) is 0 Å². The van der Waals surface area contributed by atoms with Crippen LogP contribution in [0, 0.1) is 22.7 Å². The van der Waals surface area contributed by atoms with Crippen molar-refractivity contribution >= 4 is 7.60 Å². The number of hydrogen-bond acceptors (Lipinski definition) is 5. The lowest BCUT2D eigenvalue weighted by atomic mass is 9.97. The van der Waals surface area contributed by atoms with E-state index in [0.29, 0.717) is 18.8 Å². The van der Waals surface area contributed by atoms with Gasteiger partial charge in [-0.3, -0.25) is 4.57 Å². The van der Waals surface area contributed by atoms with Crippen molar-refractivity contribution in [3.8, 4) is 6.07 Å². The van der Waals surface area contributed by atoms with E-state index in [4.69, 9.17) is 9.05 Å². The first-order valence-electron chi connectivity index (χ1n) is 6.86. The summed E-state index contributed by atoms with van der Waals surface area (Å²) >= 11 is 0. The molecule has 1 aromatic carbocycles. The summed E-state index contributed by atoms with van der Waals surface area (Å²) < 4.78 is 23.3. The topological polar surface area (TPSA) is 79.6 Å². The van der Waals surface area contributed by atoms with Gasteiger partial charge in [0.15, 0.2) is 0 Å². The first kappa shape index (κ1) is 16.2. The second-order valence-corrected chi connectivity index (χ2v) is 8.20. The van der Waals surface area contributed by atoms with E-state index in [1.807, 2.05) is 26.0 Å². The maximum Gasteiger partial charge on any atom is 0.332 e. The van der Waals surface area contributed by atoms with Crippen LogP contribution in [0.25, 0.3) is 0 Å². The van der Waals surface area contributed by atoms with E-state index in [-0.39, 0.29) is 11.6 Å². The Hall–Kier alpha value is -1.18. The van der Waals surface area contributed by atoms with E-state index >= 15 is 0 Å². The Labute approximate surface area is 125 Å². The second-order valence-electron chi connectivity index (χ2n) is 6.10. The highest BCUT2D eigenvalue weighted by molar-refractivity contribution is 7.53. The van der Waals surface area contributed by atoms with Crippen molar-refractivity contribution in [2.24, 2.45) is 11.3 Å². The van der Waals surface area contributed by atoms with Crippen LogP contribution >= 0.6 is 7.60 Å². The molecule has 2 unspecified atom stereocenters. The van der Waals surface area contributed by atoms with E-state index in [0.717, 1.165) is 0 Å². The first-order valence-corrected chi connectivity index (χ1v) is 8.59. The molecule has 0 spiro atoms. The third kappa shape index (κ3) is 4.15. The fourth-order valence-electron chi connectivity index (χ4n) is 2.07. The summed E-state index contributed by atoms with van der Waals surface area (Å²) in [6.07, 6.45) is -1.11. The molecule has 0 aromatic heterocycles. The van der Waals surface area contributed by atoms with Crippen LogP contribution in [0.2, 0.25) is 0 Å². The molecule has 114 valence electrons. The zero-order valence-electron chi connectivity index (χ0n) is 12.2. The molecule has 6 heteroatoms. The Kier molecular flexibility index (Phi) is 4.85. The number of nitrogens with zero attached hydrogens (tertiary/aromatic N) is 1. The molecule has 1 aromatic rings. The molecule has 1 saturated heterocycles. The molecule has 21 heavy (non-hydrogen) atoms. The minimum Gasteiger partial charge on any atom is -0.387 e. The predicted molar refractivity (Wildman–Crippen MR) is 78.7 cm³/mol. The Morgan fingerprint density at radius 1 is 1.33 bits per heavy atom. The predicted octanol–water partition coefficient (Wildman–Crippen LogP) is 3.13. The highest BCUT2D eigenvalue weighted by Gasteiger charge is 2.40. The molecule has 1 aliphatic rings.